The quantitative estimate of drug-likeness (QED) is 0.410. The van der Waals surface area contributed by atoms with Crippen LogP contribution in [-0.2, 0) is 28.6 Å². The molecule has 0 aromatic carbocycles. The number of carbonyl (C=O) groups excluding carboxylic acids is 3. The molecule has 1 N–H and O–H groups in total. The van der Waals surface area contributed by atoms with Gasteiger partial charge in [0.1, 0.15) is 17.6 Å². The van der Waals surface area contributed by atoms with Crippen molar-refractivity contribution in [3.05, 3.63) is 24.3 Å². The van der Waals surface area contributed by atoms with Crippen molar-refractivity contribution >= 4 is 17.8 Å². The molecule has 5 rings (SSSR count). The lowest BCUT2D eigenvalue weighted by Crippen LogP contribution is -2.56. The topological polar surface area (TPSA) is 109 Å². The van der Waals surface area contributed by atoms with Gasteiger partial charge in [0, 0.05) is 39.3 Å². The van der Waals surface area contributed by atoms with Crippen molar-refractivity contribution in [2.24, 2.45) is 11.8 Å². The third kappa shape index (κ3) is 4.41. The van der Waals surface area contributed by atoms with Crippen molar-refractivity contribution in [2.75, 3.05) is 65.7 Å². The number of hydrogen-bond donors (Lipinski definition) is 1. The molecule has 5 aliphatic rings. The summed E-state index contributed by atoms with van der Waals surface area (Å²) >= 11 is 0. The number of β-amino-alcohol motifs (C(OH)–C–C–N with tert-alkyl or cyclic N) is 1. The van der Waals surface area contributed by atoms with Crippen molar-refractivity contribution in [3.8, 4) is 0 Å². The maximum absolute atomic E-state index is 14.0. The minimum Gasteiger partial charge on any atom is -0.465 e. The molecule has 35 heavy (non-hydrogen) atoms. The van der Waals surface area contributed by atoms with Gasteiger partial charge in [0.05, 0.1) is 38.4 Å². The number of morpholine rings is 1. The first kappa shape index (κ1) is 24.4. The molecule has 0 aromatic rings. The number of rotatable bonds is 5. The molecule has 5 heterocycles. The molecule has 2 amide bonds. The van der Waals surface area contributed by atoms with E-state index < -0.39 is 35.6 Å². The molecule has 0 aromatic heterocycles. The molecule has 3 saturated heterocycles. The van der Waals surface area contributed by atoms with Crippen molar-refractivity contribution in [3.63, 3.8) is 0 Å². The number of cyclic esters (lactones) is 1. The van der Waals surface area contributed by atoms with Gasteiger partial charge < -0.3 is 29.1 Å². The highest BCUT2D eigenvalue weighted by Gasteiger charge is 2.71. The molecule has 5 aliphatic heterocycles. The van der Waals surface area contributed by atoms with Crippen LogP contribution in [0.1, 0.15) is 19.3 Å². The van der Waals surface area contributed by atoms with E-state index in [-0.39, 0.29) is 25.0 Å². The molecule has 10 heteroatoms. The van der Waals surface area contributed by atoms with Crippen LogP contribution >= 0.6 is 0 Å². The van der Waals surface area contributed by atoms with Gasteiger partial charge in [0.15, 0.2) is 0 Å². The summed E-state index contributed by atoms with van der Waals surface area (Å²) in [5, 5.41) is 9.73. The van der Waals surface area contributed by atoms with E-state index >= 15 is 0 Å². The van der Waals surface area contributed by atoms with E-state index in [1.54, 1.807) is 4.90 Å². The fraction of sp³-hybridized carbons (Fsp3) is 0.720. The molecule has 0 radical (unpaired) electrons. The number of likely N-dealkylation sites (tertiary alicyclic amines) is 1. The Hall–Kier alpha value is -2.27. The summed E-state index contributed by atoms with van der Waals surface area (Å²) in [4.78, 5) is 46.3. The molecular formula is C25H35N3O7. The van der Waals surface area contributed by atoms with E-state index in [1.807, 2.05) is 24.3 Å². The summed E-state index contributed by atoms with van der Waals surface area (Å²) in [5.41, 5.74) is -1.27. The SMILES string of the molecule is O=C1OCCCC/C=C\[C@H]2O[C@]34C=CCN(CCN5CCOCC5)C(=O)C3N(CCO)C(=O)[C@@H]4[C@@H]12. The maximum Gasteiger partial charge on any atom is 0.312 e. The molecule has 0 aliphatic carbocycles. The number of ether oxygens (including phenoxy) is 3. The standard InChI is InChI=1S/C25H35N3O7/c29-14-11-28-21-23(31)27(10-9-26-12-16-33-17-13-26)8-5-7-25(21)20(22(28)30)19-18(35-25)6-3-1-2-4-15-34-24(19)32/h3,5-7,18-21,29H,1-2,4,8-17H2/b6-3-/t18-,19+,20+,21?,25+/m1/s1. The number of fused-ring (bicyclic) bond motifs is 2. The molecule has 192 valence electrons. The fourth-order valence-corrected chi connectivity index (χ4v) is 6.10. The first-order chi connectivity index (χ1) is 17.1. The van der Waals surface area contributed by atoms with Crippen LogP contribution in [0.15, 0.2) is 24.3 Å². The summed E-state index contributed by atoms with van der Waals surface area (Å²) in [7, 11) is 0. The second-order valence-corrected chi connectivity index (χ2v) is 9.83. The monoisotopic (exact) mass is 489 g/mol. The van der Waals surface area contributed by atoms with Crippen LogP contribution in [0.4, 0.5) is 0 Å². The van der Waals surface area contributed by atoms with Crippen LogP contribution in [0.25, 0.3) is 0 Å². The molecule has 5 atom stereocenters. The molecule has 1 spiro atoms. The summed E-state index contributed by atoms with van der Waals surface area (Å²) in [6, 6.07) is -0.936. The van der Waals surface area contributed by atoms with E-state index in [9.17, 15) is 19.5 Å². The van der Waals surface area contributed by atoms with Gasteiger partial charge in [-0.2, -0.15) is 0 Å². The van der Waals surface area contributed by atoms with E-state index in [2.05, 4.69) is 4.90 Å². The first-order valence-electron chi connectivity index (χ1n) is 12.8. The van der Waals surface area contributed by atoms with Gasteiger partial charge in [-0.15, -0.1) is 0 Å². The summed E-state index contributed by atoms with van der Waals surface area (Å²) in [6.07, 6.45) is 9.39. The van der Waals surface area contributed by atoms with Crippen molar-refractivity contribution in [1.82, 2.24) is 14.7 Å². The Morgan fingerprint density at radius 2 is 1.83 bits per heavy atom. The molecule has 0 saturated carbocycles. The van der Waals surface area contributed by atoms with Gasteiger partial charge in [-0.25, -0.2) is 0 Å². The highest BCUT2D eigenvalue weighted by Crippen LogP contribution is 2.52. The maximum atomic E-state index is 14.0. The number of aliphatic hydroxyl groups is 1. The molecule has 0 bridgehead atoms. The Morgan fingerprint density at radius 1 is 1.00 bits per heavy atom. The Bertz CT molecular complexity index is 886. The van der Waals surface area contributed by atoms with Gasteiger partial charge in [0.25, 0.3) is 0 Å². The number of hydrogen-bond acceptors (Lipinski definition) is 8. The van der Waals surface area contributed by atoms with Gasteiger partial charge in [0.2, 0.25) is 11.8 Å². The molecular weight excluding hydrogens is 454 g/mol. The Morgan fingerprint density at radius 3 is 2.63 bits per heavy atom. The highest BCUT2D eigenvalue weighted by atomic mass is 16.6. The van der Waals surface area contributed by atoms with Gasteiger partial charge in [-0.3, -0.25) is 19.3 Å². The zero-order valence-corrected chi connectivity index (χ0v) is 20.0. The number of allylic oxidation sites excluding steroid dienone is 1. The zero-order chi connectivity index (χ0) is 24.4. The van der Waals surface area contributed by atoms with Gasteiger partial charge >= 0.3 is 5.97 Å². The number of carbonyl (C=O) groups is 3. The number of aliphatic hydroxyl groups excluding tert-OH is 1. The Labute approximate surface area is 205 Å². The average Bonchev–Trinajstić information content (AvgIpc) is 3.24. The van der Waals surface area contributed by atoms with E-state index in [4.69, 9.17) is 14.2 Å². The lowest BCUT2D eigenvalue weighted by molar-refractivity contribution is -0.155. The lowest BCUT2D eigenvalue weighted by Gasteiger charge is -2.36. The predicted molar refractivity (Wildman–Crippen MR) is 124 cm³/mol. The van der Waals surface area contributed by atoms with E-state index in [0.717, 1.165) is 32.4 Å². The van der Waals surface area contributed by atoms with E-state index in [1.165, 1.54) is 4.90 Å². The van der Waals surface area contributed by atoms with Crippen molar-refractivity contribution < 1.29 is 33.7 Å². The summed E-state index contributed by atoms with van der Waals surface area (Å²) < 4.78 is 17.5. The largest absolute Gasteiger partial charge is 0.465 e. The second kappa shape index (κ2) is 10.4. The number of esters is 1. The third-order valence-corrected chi connectivity index (χ3v) is 7.82. The normalized spacial score (nSPS) is 36.9. The van der Waals surface area contributed by atoms with Crippen LogP contribution in [0, 0.1) is 11.8 Å². The van der Waals surface area contributed by atoms with Crippen LogP contribution < -0.4 is 0 Å². The third-order valence-electron chi connectivity index (χ3n) is 7.82. The van der Waals surface area contributed by atoms with Crippen molar-refractivity contribution in [1.29, 1.82) is 0 Å². The van der Waals surface area contributed by atoms with Gasteiger partial charge in [-0.05, 0) is 19.3 Å². The van der Waals surface area contributed by atoms with Crippen LogP contribution in [0.3, 0.4) is 0 Å². The van der Waals surface area contributed by atoms with Crippen LogP contribution in [0.5, 0.6) is 0 Å². The number of nitrogens with zero attached hydrogens (tertiary/aromatic N) is 3. The molecule has 10 nitrogen and oxygen atoms in total. The molecule has 3 fully saturated rings. The first-order valence-corrected chi connectivity index (χ1v) is 12.8. The minimum atomic E-state index is -1.27. The smallest absolute Gasteiger partial charge is 0.312 e. The summed E-state index contributed by atoms with van der Waals surface area (Å²) in [6.45, 7) is 4.65. The number of amides is 2. The van der Waals surface area contributed by atoms with Crippen molar-refractivity contribution in [2.45, 2.75) is 37.0 Å². The Balaban J connectivity index is 1.46. The van der Waals surface area contributed by atoms with Crippen LogP contribution in [0.2, 0.25) is 0 Å². The zero-order valence-electron chi connectivity index (χ0n) is 20.0. The lowest BCUT2D eigenvalue weighted by atomic mass is 9.78. The van der Waals surface area contributed by atoms with E-state index in [0.29, 0.717) is 39.5 Å². The average molecular weight is 490 g/mol. The van der Waals surface area contributed by atoms with Crippen LogP contribution in [-0.4, -0.2) is 121 Å². The summed E-state index contributed by atoms with van der Waals surface area (Å²) in [5.74, 6) is -2.73. The second-order valence-electron chi connectivity index (χ2n) is 9.83. The van der Waals surface area contributed by atoms with Gasteiger partial charge in [-0.1, -0.05) is 24.3 Å². The Kier molecular flexibility index (Phi) is 7.24. The minimum absolute atomic E-state index is 0.00423. The fourth-order valence-electron chi connectivity index (χ4n) is 6.10. The predicted octanol–water partition coefficient (Wildman–Crippen LogP) is -0.427. The highest BCUT2D eigenvalue weighted by molar-refractivity contribution is 5.99. The molecule has 1 unspecified atom stereocenters.